The molecule has 0 bridgehead atoms. The molecule has 2 fully saturated rings. The highest BCUT2D eigenvalue weighted by molar-refractivity contribution is 7.89. The van der Waals surface area contributed by atoms with Crippen LogP contribution in [0.25, 0.3) is 0 Å². The number of sulfonamides is 1. The Balaban J connectivity index is 1.90. The van der Waals surface area contributed by atoms with Gasteiger partial charge >= 0.3 is 0 Å². The van der Waals surface area contributed by atoms with Crippen molar-refractivity contribution in [1.29, 1.82) is 0 Å². The van der Waals surface area contributed by atoms with Gasteiger partial charge in [0, 0.05) is 36.5 Å². The molecule has 1 amide bonds. The Labute approximate surface area is 134 Å². The fourth-order valence-corrected chi connectivity index (χ4v) is 5.04. The number of rotatable bonds is 3. The van der Waals surface area contributed by atoms with Gasteiger partial charge in [-0.1, -0.05) is 11.6 Å². The van der Waals surface area contributed by atoms with E-state index in [1.54, 1.807) is 12.1 Å². The van der Waals surface area contributed by atoms with Crippen molar-refractivity contribution < 1.29 is 17.9 Å². The number of ether oxygens (including phenoxy) is 1. The third-order valence-corrected chi connectivity index (χ3v) is 6.36. The standard InChI is InChI=1S/C14H17ClN2O4S/c1-21-12-3-2-10(15)7-13(12)22(19,20)17-5-4-11-9(8-17)6-14(18)16-11/h2-3,7,9,11H,4-6,8H2,1H3,(H,16,18)/t9-,11+/m1/s1. The number of methoxy groups -OCH3 is 1. The monoisotopic (exact) mass is 344 g/mol. The fraction of sp³-hybridized carbons (Fsp3) is 0.500. The van der Waals surface area contributed by atoms with E-state index >= 15 is 0 Å². The lowest BCUT2D eigenvalue weighted by molar-refractivity contribution is -0.119. The molecular weight excluding hydrogens is 328 g/mol. The molecule has 3 rings (SSSR count). The van der Waals surface area contributed by atoms with Crippen LogP contribution in [0, 0.1) is 5.92 Å². The summed E-state index contributed by atoms with van der Waals surface area (Å²) in [6.45, 7) is 0.709. The van der Waals surface area contributed by atoms with Crippen molar-refractivity contribution in [3.63, 3.8) is 0 Å². The van der Waals surface area contributed by atoms with Crippen LogP contribution in [0.2, 0.25) is 5.02 Å². The van der Waals surface area contributed by atoms with Gasteiger partial charge in [0.1, 0.15) is 10.6 Å². The van der Waals surface area contributed by atoms with E-state index in [0.29, 0.717) is 31.0 Å². The fourth-order valence-electron chi connectivity index (χ4n) is 3.11. The topological polar surface area (TPSA) is 75.7 Å². The van der Waals surface area contributed by atoms with E-state index in [4.69, 9.17) is 16.3 Å². The average Bonchev–Trinajstić information content (AvgIpc) is 2.86. The number of piperidine rings is 1. The Morgan fingerprint density at radius 1 is 1.41 bits per heavy atom. The van der Waals surface area contributed by atoms with Crippen LogP contribution < -0.4 is 10.1 Å². The van der Waals surface area contributed by atoms with Crippen LogP contribution in [0.4, 0.5) is 0 Å². The van der Waals surface area contributed by atoms with Crippen LogP contribution in [0.5, 0.6) is 5.75 Å². The maximum Gasteiger partial charge on any atom is 0.246 e. The van der Waals surface area contributed by atoms with Crippen molar-refractivity contribution in [1.82, 2.24) is 9.62 Å². The van der Waals surface area contributed by atoms with Crippen LogP contribution in [-0.2, 0) is 14.8 Å². The highest BCUT2D eigenvalue weighted by Crippen LogP contribution is 2.33. The van der Waals surface area contributed by atoms with E-state index in [0.717, 1.165) is 0 Å². The van der Waals surface area contributed by atoms with Crippen LogP contribution in [0.1, 0.15) is 12.8 Å². The number of hydrogen-bond donors (Lipinski definition) is 1. The number of fused-ring (bicyclic) bond motifs is 1. The second-order valence-corrected chi connectivity index (χ2v) is 7.93. The number of nitrogens with one attached hydrogen (secondary N) is 1. The van der Waals surface area contributed by atoms with E-state index in [1.165, 1.54) is 17.5 Å². The number of halogens is 1. The summed E-state index contributed by atoms with van der Waals surface area (Å²) in [6.07, 6.45) is 1.00. The molecule has 2 heterocycles. The molecule has 0 radical (unpaired) electrons. The Hall–Kier alpha value is -1.31. The molecule has 1 aromatic rings. The predicted molar refractivity (Wildman–Crippen MR) is 81.4 cm³/mol. The van der Waals surface area contributed by atoms with Gasteiger partial charge in [-0.05, 0) is 24.6 Å². The van der Waals surface area contributed by atoms with Crippen molar-refractivity contribution >= 4 is 27.5 Å². The van der Waals surface area contributed by atoms with Crippen molar-refractivity contribution in [3.8, 4) is 5.75 Å². The second-order valence-electron chi connectivity index (χ2n) is 5.59. The molecule has 2 aliphatic heterocycles. The smallest absolute Gasteiger partial charge is 0.246 e. The maximum atomic E-state index is 12.9. The van der Waals surface area contributed by atoms with Crippen molar-refractivity contribution in [3.05, 3.63) is 23.2 Å². The van der Waals surface area contributed by atoms with Crippen molar-refractivity contribution in [2.24, 2.45) is 5.92 Å². The lowest BCUT2D eigenvalue weighted by atomic mass is 9.95. The zero-order valence-electron chi connectivity index (χ0n) is 12.1. The summed E-state index contributed by atoms with van der Waals surface area (Å²) >= 11 is 5.93. The molecule has 22 heavy (non-hydrogen) atoms. The van der Waals surface area contributed by atoms with Crippen LogP contribution in [0.15, 0.2) is 23.1 Å². The van der Waals surface area contributed by atoms with Gasteiger partial charge in [0.2, 0.25) is 15.9 Å². The average molecular weight is 345 g/mol. The van der Waals surface area contributed by atoms with Crippen molar-refractivity contribution in [2.45, 2.75) is 23.8 Å². The van der Waals surface area contributed by atoms with Crippen LogP contribution >= 0.6 is 11.6 Å². The minimum absolute atomic E-state index is 0.00501. The van der Waals surface area contributed by atoms with Crippen LogP contribution in [0.3, 0.4) is 0 Å². The maximum absolute atomic E-state index is 12.9. The van der Waals surface area contributed by atoms with Gasteiger partial charge in [0.05, 0.1) is 7.11 Å². The van der Waals surface area contributed by atoms with E-state index in [1.807, 2.05) is 0 Å². The summed E-state index contributed by atoms with van der Waals surface area (Å²) in [5.74, 6) is 0.294. The molecule has 120 valence electrons. The number of amides is 1. The summed E-state index contributed by atoms with van der Waals surface area (Å²) in [4.78, 5) is 11.5. The SMILES string of the molecule is COc1ccc(Cl)cc1S(=O)(=O)N1CC[C@@H]2NC(=O)C[C@@H]2C1. The molecule has 2 atom stereocenters. The third kappa shape index (κ3) is 2.68. The molecule has 0 aliphatic carbocycles. The van der Waals surface area contributed by atoms with Gasteiger partial charge in [-0.15, -0.1) is 0 Å². The van der Waals surface area contributed by atoms with E-state index in [-0.39, 0.29) is 28.5 Å². The molecule has 0 saturated carbocycles. The molecule has 8 heteroatoms. The van der Waals surface area contributed by atoms with Crippen LogP contribution in [-0.4, -0.2) is 44.9 Å². The molecule has 6 nitrogen and oxygen atoms in total. The molecule has 0 unspecified atom stereocenters. The Morgan fingerprint density at radius 2 is 2.18 bits per heavy atom. The molecule has 0 aromatic heterocycles. The van der Waals surface area contributed by atoms with E-state index in [2.05, 4.69) is 5.32 Å². The zero-order valence-corrected chi connectivity index (χ0v) is 13.7. The van der Waals surface area contributed by atoms with Gasteiger partial charge in [0.25, 0.3) is 0 Å². The van der Waals surface area contributed by atoms with Gasteiger partial charge in [-0.3, -0.25) is 4.79 Å². The first-order valence-electron chi connectivity index (χ1n) is 7.05. The lowest BCUT2D eigenvalue weighted by Crippen LogP contribution is -2.47. The second kappa shape index (κ2) is 5.72. The van der Waals surface area contributed by atoms with E-state index in [9.17, 15) is 13.2 Å². The minimum atomic E-state index is -3.70. The number of nitrogens with zero attached hydrogens (tertiary/aromatic N) is 1. The van der Waals surface area contributed by atoms with E-state index < -0.39 is 10.0 Å². The summed E-state index contributed by atoms with van der Waals surface area (Å²) < 4.78 is 32.3. The molecule has 2 aliphatic rings. The summed E-state index contributed by atoms with van der Waals surface area (Å²) in [6, 6.07) is 4.62. The zero-order chi connectivity index (χ0) is 15.9. The molecule has 1 N–H and O–H groups in total. The molecule has 2 saturated heterocycles. The minimum Gasteiger partial charge on any atom is -0.495 e. The highest BCUT2D eigenvalue weighted by atomic mass is 35.5. The summed E-state index contributed by atoms with van der Waals surface area (Å²) in [7, 11) is -2.27. The first-order chi connectivity index (χ1) is 10.4. The Kier molecular flexibility index (Phi) is 4.05. The third-order valence-electron chi connectivity index (χ3n) is 4.23. The predicted octanol–water partition coefficient (Wildman–Crippen LogP) is 1.25. The van der Waals surface area contributed by atoms with Gasteiger partial charge in [-0.25, -0.2) is 8.42 Å². The lowest BCUT2D eigenvalue weighted by Gasteiger charge is -2.33. The molecular formula is C14H17ClN2O4S. The summed E-state index contributed by atoms with van der Waals surface area (Å²) in [5.41, 5.74) is 0. The van der Waals surface area contributed by atoms with Gasteiger partial charge in [-0.2, -0.15) is 4.31 Å². The Morgan fingerprint density at radius 3 is 2.91 bits per heavy atom. The Bertz CT molecular complexity index is 707. The largest absolute Gasteiger partial charge is 0.495 e. The number of hydrogen-bond acceptors (Lipinski definition) is 4. The number of carbonyl (C=O) groups is 1. The quantitative estimate of drug-likeness (QED) is 0.895. The number of benzene rings is 1. The van der Waals surface area contributed by atoms with Gasteiger partial charge < -0.3 is 10.1 Å². The normalized spacial score (nSPS) is 25.6. The number of carbonyl (C=O) groups excluding carboxylic acids is 1. The van der Waals surface area contributed by atoms with Gasteiger partial charge in [0.15, 0.2) is 0 Å². The highest BCUT2D eigenvalue weighted by Gasteiger charge is 2.41. The summed E-state index contributed by atoms with van der Waals surface area (Å²) in [5, 5.41) is 3.23. The first kappa shape index (κ1) is 15.6. The molecule has 1 aromatic carbocycles. The first-order valence-corrected chi connectivity index (χ1v) is 8.86. The molecule has 0 spiro atoms. The van der Waals surface area contributed by atoms with Crippen molar-refractivity contribution in [2.75, 3.05) is 20.2 Å².